The van der Waals surface area contributed by atoms with Crippen LogP contribution in [0.25, 0.3) is 0 Å². The molecule has 0 aliphatic heterocycles. The fraction of sp³-hybridized carbons (Fsp3) is 0.231. The average molecular weight is 345 g/mol. The lowest BCUT2D eigenvalue weighted by molar-refractivity contribution is 0.583. The van der Waals surface area contributed by atoms with Crippen molar-refractivity contribution in [2.75, 3.05) is 11.1 Å². The van der Waals surface area contributed by atoms with Crippen molar-refractivity contribution in [3.05, 3.63) is 35.2 Å². The van der Waals surface area contributed by atoms with Crippen molar-refractivity contribution in [2.45, 2.75) is 24.0 Å². The van der Waals surface area contributed by atoms with Crippen LogP contribution in [-0.4, -0.2) is 23.6 Å². The minimum atomic E-state index is -3.69. The van der Waals surface area contributed by atoms with Crippen LogP contribution in [0.3, 0.4) is 0 Å². The first-order chi connectivity index (χ1) is 10.2. The van der Waals surface area contributed by atoms with Gasteiger partial charge in [0, 0.05) is 0 Å². The van der Waals surface area contributed by atoms with Crippen molar-refractivity contribution >= 4 is 38.9 Å². The van der Waals surface area contributed by atoms with Crippen molar-refractivity contribution in [2.24, 2.45) is 0 Å². The summed E-state index contributed by atoms with van der Waals surface area (Å²) in [4.78, 5) is 7.43. The zero-order chi connectivity index (χ0) is 16.5. The number of benzene rings is 1. The van der Waals surface area contributed by atoms with Gasteiger partial charge in [-0.3, -0.25) is 0 Å². The van der Waals surface area contributed by atoms with Crippen molar-refractivity contribution in [1.29, 1.82) is 0 Å². The molecule has 0 saturated heterocycles. The highest BCUT2D eigenvalue weighted by Gasteiger charge is 2.24. The van der Waals surface area contributed by atoms with Crippen LogP contribution in [0.5, 0.6) is 0 Å². The third-order valence-corrected chi connectivity index (χ3v) is 5.36. The summed E-state index contributed by atoms with van der Waals surface area (Å²) in [5.41, 5.74) is 5.64. The molecule has 0 bridgehead atoms. The third kappa shape index (κ3) is 3.28. The van der Waals surface area contributed by atoms with E-state index in [0.29, 0.717) is 0 Å². The predicted molar refractivity (Wildman–Crippen MR) is 83.5 cm³/mol. The number of hydrogen-bond donors (Lipinski definition) is 2. The van der Waals surface area contributed by atoms with E-state index >= 15 is 0 Å². The van der Waals surface area contributed by atoms with Gasteiger partial charge in [0.1, 0.15) is 10.8 Å². The highest BCUT2D eigenvalue weighted by molar-refractivity contribution is 7.92. The summed E-state index contributed by atoms with van der Waals surface area (Å²) in [5.74, 6) is -0.540. The molecule has 0 fully saturated rings. The lowest BCUT2D eigenvalue weighted by atomic mass is 10.3. The van der Waals surface area contributed by atoms with Crippen LogP contribution in [0.15, 0.2) is 29.3 Å². The summed E-state index contributed by atoms with van der Waals surface area (Å²) in [6.45, 7) is 3.03. The fourth-order valence-corrected chi connectivity index (χ4v) is 3.03. The first-order valence-electron chi connectivity index (χ1n) is 6.30. The topological polar surface area (TPSA) is 98.0 Å². The highest BCUT2D eigenvalue weighted by atomic mass is 35.5. The molecule has 2 rings (SSSR count). The molecule has 9 heteroatoms. The monoisotopic (exact) mass is 344 g/mol. The molecule has 1 heterocycles. The summed E-state index contributed by atoms with van der Waals surface area (Å²) in [6, 6.07) is 3.40. The smallest absolute Gasteiger partial charge is 0.222 e. The minimum absolute atomic E-state index is 0.0257. The number of halogens is 2. The van der Waals surface area contributed by atoms with Gasteiger partial charge in [-0.25, -0.2) is 17.8 Å². The molecule has 0 amide bonds. The third-order valence-electron chi connectivity index (χ3n) is 2.89. The number of rotatable bonds is 4. The van der Waals surface area contributed by atoms with Crippen molar-refractivity contribution in [3.8, 4) is 0 Å². The van der Waals surface area contributed by atoms with Gasteiger partial charge in [0.15, 0.2) is 15.7 Å². The van der Waals surface area contributed by atoms with Crippen molar-refractivity contribution < 1.29 is 12.8 Å². The Kier molecular flexibility index (Phi) is 4.52. The van der Waals surface area contributed by atoms with Crippen molar-refractivity contribution in [3.63, 3.8) is 0 Å². The number of nitrogens with one attached hydrogen (secondary N) is 1. The second-order valence-corrected chi connectivity index (χ2v) is 7.66. The zero-order valence-electron chi connectivity index (χ0n) is 11.8. The first-order valence-corrected chi connectivity index (χ1v) is 8.22. The molecule has 0 radical (unpaired) electrons. The predicted octanol–water partition coefficient (Wildman–Crippen LogP) is 2.78. The second-order valence-electron chi connectivity index (χ2n) is 4.78. The van der Waals surface area contributed by atoms with Crippen molar-refractivity contribution in [1.82, 2.24) is 9.97 Å². The van der Waals surface area contributed by atoms with E-state index in [4.69, 9.17) is 17.3 Å². The lowest BCUT2D eigenvalue weighted by Gasteiger charge is -2.15. The fourth-order valence-electron chi connectivity index (χ4n) is 1.68. The van der Waals surface area contributed by atoms with Gasteiger partial charge in [-0.2, -0.15) is 4.98 Å². The largest absolute Gasteiger partial charge is 0.368 e. The Labute approximate surface area is 132 Å². The van der Waals surface area contributed by atoms with Crippen LogP contribution in [0, 0.1) is 5.82 Å². The van der Waals surface area contributed by atoms with Crippen LogP contribution >= 0.6 is 11.6 Å². The molecular formula is C13H14ClFN4O2S. The van der Waals surface area contributed by atoms with Crippen LogP contribution in [0.4, 0.5) is 21.8 Å². The van der Waals surface area contributed by atoms with E-state index in [9.17, 15) is 12.8 Å². The van der Waals surface area contributed by atoms with E-state index in [0.717, 1.165) is 12.1 Å². The number of sulfone groups is 1. The van der Waals surface area contributed by atoms with Gasteiger partial charge in [0.05, 0.1) is 22.0 Å². The molecule has 0 aliphatic rings. The van der Waals surface area contributed by atoms with E-state index in [-0.39, 0.29) is 27.4 Å². The second kappa shape index (κ2) is 6.05. The highest BCUT2D eigenvalue weighted by Crippen LogP contribution is 2.30. The summed E-state index contributed by atoms with van der Waals surface area (Å²) in [6.07, 6.45) is 1.28. The molecule has 0 atom stereocenters. The molecular weight excluding hydrogens is 331 g/mol. The lowest BCUT2D eigenvalue weighted by Crippen LogP contribution is -2.16. The van der Waals surface area contributed by atoms with E-state index in [1.807, 2.05) is 0 Å². The number of nitrogen functional groups attached to an aromatic ring is 1. The standard InChI is InChI=1S/C13H14ClFN4O2S/c1-7(2)22(20,21)11-5-8(15)3-4-10(11)18-12-9(14)6-17-13(16)19-12/h3-7H,1-2H3,(H3,16,17,18,19). The Balaban J connectivity index is 2.55. The number of nitrogens with two attached hydrogens (primary N) is 1. The SMILES string of the molecule is CC(C)S(=O)(=O)c1cc(F)ccc1Nc1nc(N)ncc1Cl. The summed E-state index contributed by atoms with van der Waals surface area (Å²) < 4.78 is 38.2. The first kappa shape index (κ1) is 16.4. The maximum atomic E-state index is 13.5. The quantitative estimate of drug-likeness (QED) is 0.885. The molecule has 2 aromatic rings. The van der Waals surface area contributed by atoms with Gasteiger partial charge in [-0.15, -0.1) is 0 Å². The van der Waals surface area contributed by atoms with Crippen LogP contribution in [0.2, 0.25) is 5.02 Å². The van der Waals surface area contributed by atoms with E-state index < -0.39 is 20.9 Å². The van der Waals surface area contributed by atoms with Gasteiger partial charge in [0.2, 0.25) is 5.95 Å². The Bertz CT molecular complexity index is 812. The zero-order valence-corrected chi connectivity index (χ0v) is 13.4. The summed E-state index contributed by atoms with van der Waals surface area (Å²) >= 11 is 5.94. The maximum Gasteiger partial charge on any atom is 0.222 e. The minimum Gasteiger partial charge on any atom is -0.368 e. The number of anilines is 3. The average Bonchev–Trinajstić information content (AvgIpc) is 2.44. The Morgan fingerprint density at radius 3 is 2.68 bits per heavy atom. The maximum absolute atomic E-state index is 13.5. The van der Waals surface area contributed by atoms with Gasteiger partial charge >= 0.3 is 0 Å². The van der Waals surface area contributed by atoms with Gasteiger partial charge in [-0.1, -0.05) is 11.6 Å². The molecule has 3 N–H and O–H groups in total. The van der Waals surface area contributed by atoms with Gasteiger partial charge in [-0.05, 0) is 32.0 Å². The number of aromatic nitrogens is 2. The summed E-state index contributed by atoms with van der Waals surface area (Å²) in [7, 11) is -3.69. The molecule has 0 spiro atoms. The Morgan fingerprint density at radius 1 is 1.36 bits per heavy atom. The van der Waals surface area contributed by atoms with Gasteiger partial charge in [0.25, 0.3) is 0 Å². The molecule has 0 saturated carbocycles. The molecule has 22 heavy (non-hydrogen) atoms. The normalized spacial score (nSPS) is 11.7. The molecule has 1 aromatic carbocycles. The van der Waals surface area contributed by atoms with E-state index in [1.165, 1.54) is 26.1 Å². The molecule has 1 aromatic heterocycles. The molecule has 0 aliphatic carbocycles. The Hall–Kier alpha value is -1.93. The summed E-state index contributed by atoms with van der Waals surface area (Å²) in [5, 5.41) is 2.21. The van der Waals surface area contributed by atoms with E-state index in [2.05, 4.69) is 15.3 Å². The Morgan fingerprint density at radius 2 is 2.05 bits per heavy atom. The van der Waals surface area contributed by atoms with Crippen LogP contribution < -0.4 is 11.1 Å². The molecule has 0 unspecified atom stereocenters. The number of nitrogens with zero attached hydrogens (tertiary/aromatic N) is 2. The molecule has 118 valence electrons. The van der Waals surface area contributed by atoms with E-state index in [1.54, 1.807) is 0 Å². The molecule has 6 nitrogen and oxygen atoms in total. The van der Waals surface area contributed by atoms with Gasteiger partial charge < -0.3 is 11.1 Å². The van der Waals surface area contributed by atoms with Crippen LogP contribution in [0.1, 0.15) is 13.8 Å². The number of hydrogen-bond acceptors (Lipinski definition) is 6. The van der Waals surface area contributed by atoms with Crippen LogP contribution in [-0.2, 0) is 9.84 Å².